The van der Waals surface area contributed by atoms with E-state index in [1.807, 2.05) is 0 Å². The molecule has 2 aromatic heterocycles. The first-order chi connectivity index (χ1) is 26.8. The molecular formula is C52H34N2. The SMILES string of the molecule is c1ccc(-c2ccc(-n3c4ccccc4c4c(-c5ccccc5)c5c6cc7ccccc7cc6n(-c6ccc(-c7ccccc7)cc6)c5cc43)cc2)cc1. The van der Waals surface area contributed by atoms with Crippen LogP contribution in [0, 0.1) is 0 Å². The molecule has 0 aliphatic heterocycles. The number of fused-ring (bicyclic) bond motifs is 7. The van der Waals surface area contributed by atoms with Crippen molar-refractivity contribution < 1.29 is 0 Å². The number of hydrogen-bond acceptors (Lipinski definition) is 0. The summed E-state index contributed by atoms with van der Waals surface area (Å²) < 4.78 is 4.95. The van der Waals surface area contributed by atoms with E-state index in [1.165, 1.54) is 87.8 Å². The predicted octanol–water partition coefficient (Wildman–Crippen LogP) is 14.0. The Labute approximate surface area is 313 Å². The highest BCUT2D eigenvalue weighted by molar-refractivity contribution is 6.29. The van der Waals surface area contributed by atoms with Crippen LogP contribution in [-0.4, -0.2) is 9.13 Å². The number of nitrogens with zero attached hydrogens (tertiary/aromatic N) is 2. The second kappa shape index (κ2) is 12.2. The summed E-state index contributed by atoms with van der Waals surface area (Å²) in [5, 5.41) is 7.50. The third-order valence-corrected chi connectivity index (χ3v) is 11.1. The molecule has 252 valence electrons. The van der Waals surface area contributed by atoms with Gasteiger partial charge in [0, 0.05) is 38.5 Å². The minimum Gasteiger partial charge on any atom is -0.309 e. The van der Waals surface area contributed by atoms with Gasteiger partial charge in [0.05, 0.1) is 22.1 Å². The zero-order chi connectivity index (χ0) is 35.6. The fourth-order valence-corrected chi connectivity index (χ4v) is 8.62. The average molecular weight is 687 g/mol. The molecule has 2 nitrogen and oxygen atoms in total. The fourth-order valence-electron chi connectivity index (χ4n) is 8.62. The maximum atomic E-state index is 2.48. The summed E-state index contributed by atoms with van der Waals surface area (Å²) >= 11 is 0. The molecule has 0 aliphatic carbocycles. The van der Waals surface area contributed by atoms with Crippen LogP contribution in [0.15, 0.2) is 206 Å². The van der Waals surface area contributed by atoms with Gasteiger partial charge in [-0.3, -0.25) is 0 Å². The topological polar surface area (TPSA) is 9.86 Å². The van der Waals surface area contributed by atoms with Crippen molar-refractivity contribution in [3.05, 3.63) is 206 Å². The highest BCUT2D eigenvalue weighted by Crippen LogP contribution is 2.47. The molecule has 0 fully saturated rings. The molecule has 2 heterocycles. The van der Waals surface area contributed by atoms with Crippen molar-refractivity contribution in [3.8, 4) is 44.8 Å². The lowest BCUT2D eigenvalue weighted by Crippen LogP contribution is -1.97. The number of rotatable bonds is 5. The molecule has 11 aromatic rings. The Balaban J connectivity index is 1.28. The van der Waals surface area contributed by atoms with Crippen molar-refractivity contribution in [3.63, 3.8) is 0 Å². The first-order valence-electron chi connectivity index (χ1n) is 18.6. The fraction of sp³-hybridized carbons (Fsp3) is 0. The number of hydrogen-bond donors (Lipinski definition) is 0. The van der Waals surface area contributed by atoms with Gasteiger partial charge in [0.25, 0.3) is 0 Å². The molecule has 11 rings (SSSR count). The van der Waals surface area contributed by atoms with Crippen LogP contribution in [0.3, 0.4) is 0 Å². The molecule has 0 amide bonds. The van der Waals surface area contributed by atoms with Gasteiger partial charge in [0.15, 0.2) is 0 Å². The van der Waals surface area contributed by atoms with Gasteiger partial charge >= 0.3 is 0 Å². The van der Waals surface area contributed by atoms with Gasteiger partial charge in [-0.2, -0.15) is 0 Å². The first kappa shape index (κ1) is 30.5. The van der Waals surface area contributed by atoms with Crippen LogP contribution in [0.1, 0.15) is 0 Å². The normalized spacial score (nSPS) is 11.7. The van der Waals surface area contributed by atoms with Crippen LogP contribution in [-0.2, 0) is 0 Å². The van der Waals surface area contributed by atoms with E-state index in [1.54, 1.807) is 0 Å². The third-order valence-electron chi connectivity index (χ3n) is 11.1. The van der Waals surface area contributed by atoms with Crippen molar-refractivity contribution in [2.24, 2.45) is 0 Å². The lowest BCUT2D eigenvalue weighted by molar-refractivity contribution is 1.17. The number of benzene rings is 9. The van der Waals surface area contributed by atoms with Gasteiger partial charge < -0.3 is 9.13 Å². The lowest BCUT2D eigenvalue weighted by atomic mass is 9.93. The molecule has 0 spiro atoms. The zero-order valence-corrected chi connectivity index (χ0v) is 29.5. The van der Waals surface area contributed by atoms with Crippen LogP contribution < -0.4 is 0 Å². The molecular weight excluding hydrogens is 653 g/mol. The van der Waals surface area contributed by atoms with E-state index < -0.39 is 0 Å². The van der Waals surface area contributed by atoms with Crippen molar-refractivity contribution in [1.82, 2.24) is 9.13 Å². The van der Waals surface area contributed by atoms with E-state index in [-0.39, 0.29) is 0 Å². The minimum atomic E-state index is 1.14. The number of aromatic nitrogens is 2. The number of para-hydroxylation sites is 1. The molecule has 2 heteroatoms. The van der Waals surface area contributed by atoms with Gasteiger partial charge in [-0.1, -0.05) is 158 Å². The van der Waals surface area contributed by atoms with E-state index in [2.05, 4.69) is 215 Å². The van der Waals surface area contributed by atoms with Crippen molar-refractivity contribution in [2.75, 3.05) is 0 Å². The maximum Gasteiger partial charge on any atom is 0.0568 e. The highest BCUT2D eigenvalue weighted by Gasteiger charge is 2.24. The quantitative estimate of drug-likeness (QED) is 0.171. The summed E-state index contributed by atoms with van der Waals surface area (Å²) in [4.78, 5) is 0. The van der Waals surface area contributed by atoms with E-state index in [0.717, 1.165) is 11.4 Å². The Kier molecular flexibility index (Phi) is 6.90. The Hall–Kier alpha value is -7.16. The minimum absolute atomic E-state index is 1.14. The summed E-state index contributed by atoms with van der Waals surface area (Å²) in [6, 6.07) is 75.2. The Morgan fingerprint density at radius 3 is 1.26 bits per heavy atom. The van der Waals surface area contributed by atoms with Crippen LogP contribution in [0.4, 0.5) is 0 Å². The monoisotopic (exact) mass is 686 g/mol. The second-order valence-electron chi connectivity index (χ2n) is 14.1. The van der Waals surface area contributed by atoms with Crippen LogP contribution in [0.2, 0.25) is 0 Å². The molecule has 0 radical (unpaired) electrons. The molecule has 9 aromatic carbocycles. The molecule has 54 heavy (non-hydrogen) atoms. The maximum absolute atomic E-state index is 2.48. The molecule has 0 atom stereocenters. The second-order valence-corrected chi connectivity index (χ2v) is 14.1. The molecule has 0 bridgehead atoms. The van der Waals surface area contributed by atoms with Crippen molar-refractivity contribution >= 4 is 54.4 Å². The summed E-state index contributed by atoms with van der Waals surface area (Å²) in [5.41, 5.74) is 14.4. The molecule has 0 saturated heterocycles. The summed E-state index contributed by atoms with van der Waals surface area (Å²) in [6.07, 6.45) is 0. The summed E-state index contributed by atoms with van der Waals surface area (Å²) in [5.74, 6) is 0. The van der Waals surface area contributed by atoms with Gasteiger partial charge in [0.2, 0.25) is 0 Å². The molecule has 0 saturated carbocycles. The zero-order valence-electron chi connectivity index (χ0n) is 29.5. The average Bonchev–Trinajstić information content (AvgIpc) is 3.75. The van der Waals surface area contributed by atoms with Crippen LogP contribution in [0.25, 0.3) is 99.1 Å². The molecule has 0 unspecified atom stereocenters. The molecule has 0 aliphatic rings. The van der Waals surface area contributed by atoms with Crippen molar-refractivity contribution in [2.45, 2.75) is 0 Å². The van der Waals surface area contributed by atoms with Gasteiger partial charge in [0.1, 0.15) is 0 Å². The lowest BCUT2D eigenvalue weighted by Gasteiger charge is -2.14. The van der Waals surface area contributed by atoms with Gasteiger partial charge in [-0.15, -0.1) is 0 Å². The van der Waals surface area contributed by atoms with E-state index in [9.17, 15) is 0 Å². The Morgan fingerprint density at radius 2 is 0.685 bits per heavy atom. The van der Waals surface area contributed by atoms with E-state index in [0.29, 0.717) is 0 Å². The summed E-state index contributed by atoms with van der Waals surface area (Å²) in [6.45, 7) is 0. The largest absolute Gasteiger partial charge is 0.309 e. The third kappa shape index (κ3) is 4.74. The van der Waals surface area contributed by atoms with E-state index in [4.69, 9.17) is 0 Å². The van der Waals surface area contributed by atoms with Crippen LogP contribution >= 0.6 is 0 Å². The van der Waals surface area contributed by atoms with Gasteiger partial charge in [-0.05, 0) is 87.1 Å². The van der Waals surface area contributed by atoms with E-state index >= 15 is 0 Å². The Bertz CT molecular complexity index is 3150. The van der Waals surface area contributed by atoms with Crippen LogP contribution in [0.5, 0.6) is 0 Å². The van der Waals surface area contributed by atoms with Gasteiger partial charge in [-0.25, -0.2) is 0 Å². The summed E-state index contributed by atoms with van der Waals surface area (Å²) in [7, 11) is 0. The Morgan fingerprint density at radius 1 is 0.259 bits per heavy atom. The standard InChI is InChI=1S/C52H34N2/c1-4-14-35(15-5-1)37-24-28-42(29-25-37)53-46-23-13-12-22-44(46)51-48(53)34-49-52(50(51)39-18-8-3-9-19-39)45-32-40-20-10-11-21-41(40)33-47(45)54(49)43-30-26-38(27-31-43)36-16-6-2-7-17-36/h1-34H. The first-order valence-corrected chi connectivity index (χ1v) is 18.6. The smallest absolute Gasteiger partial charge is 0.0568 e. The molecule has 0 N–H and O–H groups in total. The highest BCUT2D eigenvalue weighted by atomic mass is 15.0. The van der Waals surface area contributed by atoms with Crippen molar-refractivity contribution in [1.29, 1.82) is 0 Å². The predicted molar refractivity (Wildman–Crippen MR) is 229 cm³/mol.